The summed E-state index contributed by atoms with van der Waals surface area (Å²) < 4.78 is 27.8. The topological polar surface area (TPSA) is 83.0 Å². The molecule has 1 heterocycles. The molecule has 1 fully saturated rings. The molecule has 142 valence electrons. The Morgan fingerprint density at radius 3 is 2.62 bits per heavy atom. The summed E-state index contributed by atoms with van der Waals surface area (Å²) in [7, 11) is -2.92. The van der Waals surface area contributed by atoms with E-state index in [0.29, 0.717) is 6.42 Å². The first kappa shape index (κ1) is 21.2. The van der Waals surface area contributed by atoms with E-state index < -0.39 is 9.84 Å². The summed E-state index contributed by atoms with van der Waals surface area (Å²) in [5.41, 5.74) is 0. The van der Waals surface area contributed by atoms with Crippen LogP contribution in [0, 0.1) is 0 Å². The molecular formula is C16H34N4O3S. The molecule has 0 aromatic rings. The van der Waals surface area contributed by atoms with Crippen LogP contribution in [0.1, 0.15) is 33.1 Å². The zero-order valence-electron chi connectivity index (χ0n) is 15.4. The second kappa shape index (κ2) is 11.7. The summed E-state index contributed by atoms with van der Waals surface area (Å²) >= 11 is 0. The quantitative estimate of drug-likeness (QED) is 0.334. The van der Waals surface area contributed by atoms with Crippen molar-refractivity contribution in [2.45, 2.75) is 39.2 Å². The van der Waals surface area contributed by atoms with Gasteiger partial charge in [-0.1, -0.05) is 0 Å². The molecule has 0 spiro atoms. The fourth-order valence-electron chi connectivity index (χ4n) is 2.48. The van der Waals surface area contributed by atoms with Gasteiger partial charge in [-0.05, 0) is 39.7 Å². The van der Waals surface area contributed by atoms with Crippen LogP contribution in [0.5, 0.6) is 0 Å². The highest BCUT2D eigenvalue weighted by molar-refractivity contribution is 7.90. The normalized spacial score (nSPS) is 18.4. The van der Waals surface area contributed by atoms with Gasteiger partial charge in [-0.2, -0.15) is 0 Å². The number of unbranched alkanes of at least 4 members (excludes halogenated alkanes) is 1. The molecule has 1 atom stereocenters. The summed E-state index contributed by atoms with van der Waals surface area (Å²) in [5, 5.41) is 6.49. The second-order valence-electron chi connectivity index (χ2n) is 6.39. The Labute approximate surface area is 147 Å². The van der Waals surface area contributed by atoms with Crippen molar-refractivity contribution in [3.8, 4) is 0 Å². The molecule has 0 saturated carbocycles. The van der Waals surface area contributed by atoms with E-state index in [4.69, 9.17) is 4.74 Å². The van der Waals surface area contributed by atoms with E-state index in [1.54, 1.807) is 0 Å². The van der Waals surface area contributed by atoms with Gasteiger partial charge in [0.05, 0.1) is 19.0 Å². The van der Waals surface area contributed by atoms with Gasteiger partial charge in [-0.3, -0.25) is 9.89 Å². The van der Waals surface area contributed by atoms with Crippen LogP contribution in [0.15, 0.2) is 4.99 Å². The van der Waals surface area contributed by atoms with Crippen molar-refractivity contribution in [1.82, 2.24) is 15.5 Å². The highest BCUT2D eigenvalue weighted by atomic mass is 32.2. The molecule has 1 aliphatic rings. The molecule has 1 rings (SSSR count). The van der Waals surface area contributed by atoms with Crippen LogP contribution in [0.2, 0.25) is 0 Å². The first-order valence-corrected chi connectivity index (χ1v) is 11.0. The number of hydrogen-bond acceptors (Lipinski definition) is 5. The summed E-state index contributed by atoms with van der Waals surface area (Å²) in [6.45, 7) is 10.4. The van der Waals surface area contributed by atoms with Crippen LogP contribution in [0.4, 0.5) is 0 Å². The molecule has 7 nitrogen and oxygen atoms in total. The zero-order valence-corrected chi connectivity index (χ0v) is 16.2. The number of sulfone groups is 1. The number of hydrogen-bond donors (Lipinski definition) is 2. The van der Waals surface area contributed by atoms with Gasteiger partial charge in [0.25, 0.3) is 0 Å². The van der Waals surface area contributed by atoms with Crippen molar-refractivity contribution >= 4 is 15.8 Å². The third-order valence-electron chi connectivity index (χ3n) is 3.91. The SMILES string of the molecule is CCNC(=NCCCCN1CCOCC1)NC(C)CCS(C)(=O)=O. The number of morpholine rings is 1. The van der Waals surface area contributed by atoms with Crippen LogP contribution in [-0.4, -0.2) is 83.3 Å². The maximum Gasteiger partial charge on any atom is 0.191 e. The van der Waals surface area contributed by atoms with Crippen LogP contribution < -0.4 is 10.6 Å². The average Bonchev–Trinajstić information content (AvgIpc) is 2.53. The number of rotatable bonds is 10. The van der Waals surface area contributed by atoms with E-state index in [-0.39, 0.29) is 11.8 Å². The molecule has 0 aromatic heterocycles. The van der Waals surface area contributed by atoms with Crippen molar-refractivity contribution < 1.29 is 13.2 Å². The minimum Gasteiger partial charge on any atom is -0.379 e. The molecule has 2 N–H and O–H groups in total. The smallest absolute Gasteiger partial charge is 0.191 e. The summed E-state index contributed by atoms with van der Waals surface area (Å²) in [4.78, 5) is 7.02. The first-order chi connectivity index (χ1) is 11.4. The van der Waals surface area contributed by atoms with Crippen LogP contribution in [0.25, 0.3) is 0 Å². The molecule has 1 unspecified atom stereocenters. The number of ether oxygens (including phenoxy) is 1. The lowest BCUT2D eigenvalue weighted by Gasteiger charge is -2.26. The molecular weight excluding hydrogens is 328 g/mol. The number of aliphatic imine (C=N–C) groups is 1. The Balaban J connectivity index is 2.25. The largest absolute Gasteiger partial charge is 0.379 e. The Hall–Kier alpha value is -0.860. The Morgan fingerprint density at radius 1 is 1.29 bits per heavy atom. The van der Waals surface area contributed by atoms with Gasteiger partial charge < -0.3 is 15.4 Å². The lowest BCUT2D eigenvalue weighted by atomic mass is 10.2. The first-order valence-electron chi connectivity index (χ1n) is 8.93. The number of nitrogens with zero attached hydrogens (tertiary/aromatic N) is 2. The fraction of sp³-hybridized carbons (Fsp3) is 0.938. The summed E-state index contributed by atoms with van der Waals surface area (Å²) in [6.07, 6.45) is 4.03. The molecule has 1 saturated heterocycles. The molecule has 1 aliphatic heterocycles. The van der Waals surface area contributed by atoms with E-state index >= 15 is 0 Å². The highest BCUT2D eigenvalue weighted by Crippen LogP contribution is 2.00. The third kappa shape index (κ3) is 10.8. The highest BCUT2D eigenvalue weighted by Gasteiger charge is 2.10. The third-order valence-corrected chi connectivity index (χ3v) is 4.88. The van der Waals surface area contributed by atoms with Gasteiger partial charge in [0.15, 0.2) is 5.96 Å². The molecule has 24 heavy (non-hydrogen) atoms. The minimum absolute atomic E-state index is 0.0749. The number of guanidine groups is 1. The van der Waals surface area contributed by atoms with Crippen molar-refractivity contribution in [2.24, 2.45) is 4.99 Å². The Kier molecular flexibility index (Phi) is 10.3. The van der Waals surface area contributed by atoms with E-state index in [2.05, 4.69) is 20.5 Å². The van der Waals surface area contributed by atoms with E-state index in [9.17, 15) is 8.42 Å². The fourth-order valence-corrected chi connectivity index (χ4v) is 3.26. The lowest BCUT2D eigenvalue weighted by molar-refractivity contribution is 0.0373. The molecule has 0 aromatic carbocycles. The van der Waals surface area contributed by atoms with Crippen LogP contribution in [0.3, 0.4) is 0 Å². The van der Waals surface area contributed by atoms with E-state index in [1.807, 2.05) is 13.8 Å². The maximum absolute atomic E-state index is 11.2. The molecule has 0 bridgehead atoms. The van der Waals surface area contributed by atoms with Crippen LogP contribution >= 0.6 is 0 Å². The summed E-state index contributed by atoms with van der Waals surface area (Å²) in [5.74, 6) is 0.963. The Morgan fingerprint density at radius 2 is 2.00 bits per heavy atom. The maximum atomic E-state index is 11.2. The van der Waals surface area contributed by atoms with Crippen LogP contribution in [-0.2, 0) is 14.6 Å². The molecule has 8 heteroatoms. The second-order valence-corrected chi connectivity index (χ2v) is 8.65. The average molecular weight is 363 g/mol. The van der Waals surface area contributed by atoms with Crippen molar-refractivity contribution in [1.29, 1.82) is 0 Å². The van der Waals surface area contributed by atoms with Gasteiger partial charge >= 0.3 is 0 Å². The van der Waals surface area contributed by atoms with Gasteiger partial charge in [0, 0.05) is 38.5 Å². The Bertz CT molecular complexity index is 462. The van der Waals surface area contributed by atoms with Crippen molar-refractivity contribution in [3.05, 3.63) is 0 Å². The monoisotopic (exact) mass is 362 g/mol. The van der Waals surface area contributed by atoms with Gasteiger partial charge in [-0.25, -0.2) is 8.42 Å². The standard InChI is InChI=1S/C16H34N4O3S/c1-4-17-16(19-15(2)7-14-24(3,21)22)18-8-5-6-9-20-10-12-23-13-11-20/h15H,4-14H2,1-3H3,(H2,17,18,19). The van der Waals surface area contributed by atoms with Crippen molar-refractivity contribution in [2.75, 3.05) is 57.9 Å². The number of nitrogens with one attached hydrogen (secondary N) is 2. The molecule has 0 radical (unpaired) electrons. The molecule has 0 amide bonds. The predicted octanol–water partition coefficient (Wildman–Crippen LogP) is 0.477. The van der Waals surface area contributed by atoms with E-state index in [1.165, 1.54) is 6.26 Å². The van der Waals surface area contributed by atoms with Gasteiger partial charge in [0.2, 0.25) is 0 Å². The van der Waals surface area contributed by atoms with Gasteiger partial charge in [-0.15, -0.1) is 0 Å². The predicted molar refractivity (Wildman–Crippen MR) is 99.4 cm³/mol. The zero-order chi connectivity index (χ0) is 17.8. The molecule has 0 aliphatic carbocycles. The minimum atomic E-state index is -2.92. The van der Waals surface area contributed by atoms with E-state index in [0.717, 1.165) is 64.7 Å². The van der Waals surface area contributed by atoms with Crippen molar-refractivity contribution in [3.63, 3.8) is 0 Å². The van der Waals surface area contributed by atoms with Gasteiger partial charge in [0.1, 0.15) is 9.84 Å². The summed E-state index contributed by atoms with van der Waals surface area (Å²) in [6, 6.07) is 0.0749. The lowest BCUT2D eigenvalue weighted by Crippen LogP contribution is -2.43.